The maximum Gasteiger partial charge on any atom is 0.343 e. The Labute approximate surface area is 190 Å². The molecule has 2 aromatic rings. The summed E-state index contributed by atoms with van der Waals surface area (Å²) in [6, 6.07) is 10.5. The molecule has 0 aliphatic rings. The minimum atomic E-state index is -0.805. The van der Waals surface area contributed by atoms with E-state index >= 15 is 0 Å². The van der Waals surface area contributed by atoms with Crippen LogP contribution in [-0.2, 0) is 25.5 Å². The molecule has 0 unspecified atom stereocenters. The first kappa shape index (κ1) is 24.8. The molecule has 0 aromatic heterocycles. The first-order valence-corrected chi connectivity index (χ1v) is 9.69. The van der Waals surface area contributed by atoms with Gasteiger partial charge < -0.3 is 18.9 Å². The lowest BCUT2D eigenvalue weighted by Crippen LogP contribution is -2.12. The fourth-order valence-corrected chi connectivity index (χ4v) is 2.37. The van der Waals surface area contributed by atoms with E-state index in [-0.39, 0.29) is 29.4 Å². The van der Waals surface area contributed by atoms with Crippen molar-refractivity contribution in [3.8, 4) is 17.2 Å². The van der Waals surface area contributed by atoms with Crippen LogP contribution in [0.5, 0.6) is 17.2 Å². The van der Waals surface area contributed by atoms with Crippen LogP contribution in [0.1, 0.15) is 22.8 Å². The summed E-state index contributed by atoms with van der Waals surface area (Å²) in [5.41, 5.74) is 1.25. The van der Waals surface area contributed by atoms with Gasteiger partial charge in [0.1, 0.15) is 5.75 Å². The maximum atomic E-state index is 12.5. The summed E-state index contributed by atoms with van der Waals surface area (Å²) in [5.74, 6) is -2.72. The molecule has 0 atom stereocenters. The molecule has 0 aliphatic carbocycles. The van der Waals surface area contributed by atoms with Crippen molar-refractivity contribution in [2.75, 3.05) is 6.61 Å². The molecule has 2 aromatic carbocycles. The molecular formula is C25H22O8. The molecular weight excluding hydrogens is 428 g/mol. The number of ether oxygens (including phenoxy) is 4. The van der Waals surface area contributed by atoms with Gasteiger partial charge >= 0.3 is 23.9 Å². The fourth-order valence-electron chi connectivity index (χ4n) is 2.37. The summed E-state index contributed by atoms with van der Waals surface area (Å²) in [7, 11) is 0. The Morgan fingerprint density at radius 3 is 2.03 bits per heavy atom. The zero-order chi connectivity index (χ0) is 24.4. The number of benzene rings is 2. The molecule has 0 heterocycles. The van der Waals surface area contributed by atoms with E-state index < -0.39 is 23.9 Å². The quantitative estimate of drug-likeness (QED) is 0.306. The van der Waals surface area contributed by atoms with Crippen LogP contribution in [0.3, 0.4) is 0 Å². The molecule has 0 bridgehead atoms. The van der Waals surface area contributed by atoms with Crippen LogP contribution in [0.2, 0.25) is 0 Å². The molecule has 0 amide bonds. The predicted octanol–water partition coefficient (Wildman–Crippen LogP) is 3.75. The Hall–Kier alpha value is -4.46. The second kappa shape index (κ2) is 11.8. The van der Waals surface area contributed by atoms with E-state index in [0.29, 0.717) is 12.0 Å². The highest BCUT2D eigenvalue weighted by atomic mass is 16.6. The van der Waals surface area contributed by atoms with Crippen LogP contribution in [-0.4, -0.2) is 30.5 Å². The Balaban J connectivity index is 2.08. The van der Waals surface area contributed by atoms with E-state index in [4.69, 9.17) is 18.9 Å². The van der Waals surface area contributed by atoms with E-state index in [2.05, 4.69) is 19.7 Å². The van der Waals surface area contributed by atoms with Gasteiger partial charge in [-0.1, -0.05) is 31.9 Å². The number of esters is 4. The van der Waals surface area contributed by atoms with Gasteiger partial charge in [-0.3, -0.25) is 0 Å². The average Bonchev–Trinajstić information content (AvgIpc) is 2.80. The number of hydrogen-bond donors (Lipinski definition) is 0. The molecule has 170 valence electrons. The summed E-state index contributed by atoms with van der Waals surface area (Å²) in [5, 5.41) is 0. The standard InChI is InChI=1S/C25H22O8/c1-5-22(26)32-20-12-9-18(15-21(20)33-23(27)6-2)25(29)31-19-10-7-17(8-11-19)13-14-30-24(28)16(3)4/h5-12,15H,1-3,13-14H2,4H3. The zero-order valence-electron chi connectivity index (χ0n) is 18.0. The largest absolute Gasteiger partial charge is 0.462 e. The second-order valence-electron chi connectivity index (χ2n) is 6.61. The minimum absolute atomic E-state index is 0.0519. The topological polar surface area (TPSA) is 105 Å². The lowest BCUT2D eigenvalue weighted by molar-refractivity contribution is -0.138. The minimum Gasteiger partial charge on any atom is -0.462 e. The lowest BCUT2D eigenvalue weighted by Gasteiger charge is -2.11. The average molecular weight is 450 g/mol. The molecule has 8 nitrogen and oxygen atoms in total. The van der Waals surface area contributed by atoms with Crippen LogP contribution in [0.4, 0.5) is 0 Å². The molecule has 8 heteroatoms. The SMILES string of the molecule is C=CC(=O)Oc1ccc(C(=O)Oc2ccc(CCOC(=O)C(=C)C)cc2)cc1OC(=O)C=C. The van der Waals surface area contributed by atoms with Crippen molar-refractivity contribution in [2.24, 2.45) is 0 Å². The van der Waals surface area contributed by atoms with E-state index in [9.17, 15) is 19.2 Å². The normalized spacial score (nSPS) is 9.85. The monoisotopic (exact) mass is 450 g/mol. The van der Waals surface area contributed by atoms with Crippen LogP contribution >= 0.6 is 0 Å². The van der Waals surface area contributed by atoms with Crippen molar-refractivity contribution < 1.29 is 38.1 Å². The van der Waals surface area contributed by atoms with Crippen molar-refractivity contribution in [2.45, 2.75) is 13.3 Å². The van der Waals surface area contributed by atoms with Gasteiger partial charge in [0.2, 0.25) is 0 Å². The van der Waals surface area contributed by atoms with Gasteiger partial charge in [0.25, 0.3) is 0 Å². The van der Waals surface area contributed by atoms with Crippen LogP contribution in [0.25, 0.3) is 0 Å². The Morgan fingerprint density at radius 1 is 0.848 bits per heavy atom. The fraction of sp³-hybridized carbons (Fsp3) is 0.120. The van der Waals surface area contributed by atoms with Crippen LogP contribution < -0.4 is 14.2 Å². The van der Waals surface area contributed by atoms with Gasteiger partial charge in [0.05, 0.1) is 12.2 Å². The van der Waals surface area contributed by atoms with Crippen molar-refractivity contribution >= 4 is 23.9 Å². The second-order valence-corrected chi connectivity index (χ2v) is 6.61. The third kappa shape index (κ3) is 7.62. The van der Waals surface area contributed by atoms with E-state index in [0.717, 1.165) is 17.7 Å². The van der Waals surface area contributed by atoms with E-state index in [1.54, 1.807) is 31.2 Å². The van der Waals surface area contributed by atoms with Crippen molar-refractivity contribution in [3.63, 3.8) is 0 Å². The van der Waals surface area contributed by atoms with Crippen molar-refractivity contribution in [1.29, 1.82) is 0 Å². The summed E-state index contributed by atoms with van der Waals surface area (Å²) in [6.07, 6.45) is 2.34. The molecule has 0 aliphatic heterocycles. The summed E-state index contributed by atoms with van der Waals surface area (Å²) in [4.78, 5) is 47.0. The maximum absolute atomic E-state index is 12.5. The third-order valence-electron chi connectivity index (χ3n) is 4.04. The highest BCUT2D eigenvalue weighted by molar-refractivity contribution is 5.93. The smallest absolute Gasteiger partial charge is 0.343 e. The lowest BCUT2D eigenvalue weighted by atomic mass is 10.1. The van der Waals surface area contributed by atoms with Gasteiger partial charge in [0.15, 0.2) is 11.5 Å². The zero-order valence-corrected chi connectivity index (χ0v) is 18.0. The van der Waals surface area contributed by atoms with Gasteiger partial charge in [0, 0.05) is 24.1 Å². The highest BCUT2D eigenvalue weighted by Gasteiger charge is 2.17. The molecule has 0 N–H and O–H groups in total. The molecule has 0 radical (unpaired) electrons. The summed E-state index contributed by atoms with van der Waals surface area (Å²) >= 11 is 0. The first-order chi connectivity index (χ1) is 15.7. The molecule has 0 spiro atoms. The van der Waals surface area contributed by atoms with Gasteiger partial charge in [-0.15, -0.1) is 0 Å². The molecule has 33 heavy (non-hydrogen) atoms. The summed E-state index contributed by atoms with van der Waals surface area (Å²) < 4.78 is 20.4. The van der Waals surface area contributed by atoms with Crippen molar-refractivity contribution in [1.82, 2.24) is 0 Å². The molecule has 2 rings (SSSR count). The number of carbonyl (C=O) groups is 4. The number of rotatable bonds is 10. The molecule has 0 fully saturated rings. The third-order valence-corrected chi connectivity index (χ3v) is 4.04. The van der Waals surface area contributed by atoms with E-state index in [1.165, 1.54) is 18.2 Å². The molecule has 0 saturated heterocycles. The summed E-state index contributed by atoms with van der Waals surface area (Å²) in [6.45, 7) is 11.9. The van der Waals surface area contributed by atoms with Crippen LogP contribution in [0.15, 0.2) is 79.9 Å². The number of carbonyl (C=O) groups excluding carboxylic acids is 4. The molecule has 0 saturated carbocycles. The van der Waals surface area contributed by atoms with Gasteiger partial charge in [-0.05, 0) is 42.8 Å². The van der Waals surface area contributed by atoms with Gasteiger partial charge in [-0.25, -0.2) is 19.2 Å². The van der Waals surface area contributed by atoms with Crippen LogP contribution in [0, 0.1) is 0 Å². The highest BCUT2D eigenvalue weighted by Crippen LogP contribution is 2.29. The number of hydrogen-bond acceptors (Lipinski definition) is 8. The predicted molar refractivity (Wildman–Crippen MR) is 119 cm³/mol. The van der Waals surface area contributed by atoms with Gasteiger partial charge in [-0.2, -0.15) is 0 Å². The Kier molecular flexibility index (Phi) is 8.87. The Morgan fingerprint density at radius 2 is 1.45 bits per heavy atom. The van der Waals surface area contributed by atoms with Crippen molar-refractivity contribution in [3.05, 3.63) is 91.1 Å². The first-order valence-electron chi connectivity index (χ1n) is 9.69. The van der Waals surface area contributed by atoms with E-state index in [1.807, 2.05) is 0 Å². The Bertz CT molecular complexity index is 1100.